The molecule has 0 saturated carbocycles. The number of carboxylic acids is 1. The summed E-state index contributed by atoms with van der Waals surface area (Å²) in [6.07, 6.45) is 1.90. The highest BCUT2D eigenvalue weighted by Gasteiger charge is 1.96. The Labute approximate surface area is 113 Å². The molecule has 1 heterocycles. The summed E-state index contributed by atoms with van der Waals surface area (Å²) < 4.78 is 0. The Bertz CT molecular complexity index is 484. The van der Waals surface area contributed by atoms with Crippen LogP contribution in [-0.4, -0.2) is 30.2 Å². The van der Waals surface area contributed by atoms with Gasteiger partial charge in [0, 0.05) is 20.3 Å². The van der Waals surface area contributed by atoms with E-state index in [1.807, 2.05) is 55.4 Å². The third-order valence-electron chi connectivity index (χ3n) is 2.31. The van der Waals surface area contributed by atoms with Crippen molar-refractivity contribution in [2.24, 2.45) is 0 Å². The number of benzene rings is 1. The van der Waals surface area contributed by atoms with Crippen LogP contribution >= 0.6 is 0 Å². The number of aliphatic carboxylic acids is 1. The van der Waals surface area contributed by atoms with Crippen LogP contribution in [0.4, 0.5) is 5.82 Å². The number of rotatable bonds is 3. The van der Waals surface area contributed by atoms with Gasteiger partial charge in [0.1, 0.15) is 5.82 Å². The molecule has 0 fully saturated rings. The Kier molecular flexibility index (Phi) is 6.09. The lowest BCUT2D eigenvalue weighted by molar-refractivity contribution is -0.136. The van der Waals surface area contributed by atoms with E-state index in [1.165, 1.54) is 0 Å². The van der Waals surface area contributed by atoms with Crippen LogP contribution in [0.25, 0.3) is 0 Å². The van der Waals surface area contributed by atoms with E-state index >= 15 is 0 Å². The summed E-state index contributed by atoms with van der Waals surface area (Å²) in [5.74, 6) is 0.212. The number of carboxylic acid groups (broad SMARTS) is 1. The highest BCUT2D eigenvalue weighted by atomic mass is 16.4. The third kappa shape index (κ3) is 6.21. The van der Waals surface area contributed by atoms with Crippen molar-refractivity contribution in [3.63, 3.8) is 0 Å². The van der Waals surface area contributed by atoms with E-state index in [-0.39, 0.29) is 6.42 Å². The van der Waals surface area contributed by atoms with Gasteiger partial charge in [0.05, 0.1) is 6.42 Å². The maximum absolute atomic E-state index is 10.2. The minimum absolute atomic E-state index is 0.112. The van der Waals surface area contributed by atoms with E-state index < -0.39 is 5.97 Å². The first kappa shape index (κ1) is 14.7. The first-order chi connectivity index (χ1) is 9.09. The number of anilines is 1. The van der Waals surface area contributed by atoms with Crippen LogP contribution < -0.4 is 4.90 Å². The predicted octanol–water partition coefficient (Wildman–Crippen LogP) is 2.46. The Morgan fingerprint density at radius 1 is 1.11 bits per heavy atom. The van der Waals surface area contributed by atoms with Crippen molar-refractivity contribution < 1.29 is 9.90 Å². The van der Waals surface area contributed by atoms with Gasteiger partial charge in [0.2, 0.25) is 0 Å². The van der Waals surface area contributed by atoms with E-state index in [0.717, 1.165) is 11.4 Å². The van der Waals surface area contributed by atoms with Crippen molar-refractivity contribution in [2.45, 2.75) is 6.42 Å². The molecule has 4 nitrogen and oxygen atoms in total. The zero-order valence-corrected chi connectivity index (χ0v) is 11.2. The van der Waals surface area contributed by atoms with E-state index in [9.17, 15) is 4.79 Å². The van der Waals surface area contributed by atoms with Crippen LogP contribution in [0.2, 0.25) is 0 Å². The van der Waals surface area contributed by atoms with E-state index in [2.05, 4.69) is 4.98 Å². The van der Waals surface area contributed by atoms with Crippen LogP contribution in [0.1, 0.15) is 5.56 Å². The lowest BCUT2D eigenvalue weighted by Gasteiger charge is -2.08. The van der Waals surface area contributed by atoms with Crippen molar-refractivity contribution in [1.29, 1.82) is 0 Å². The average Bonchev–Trinajstić information content (AvgIpc) is 2.41. The topological polar surface area (TPSA) is 53.4 Å². The zero-order chi connectivity index (χ0) is 14.1. The lowest BCUT2D eigenvalue weighted by atomic mass is 10.2. The van der Waals surface area contributed by atoms with Crippen LogP contribution in [0.3, 0.4) is 0 Å². The minimum Gasteiger partial charge on any atom is -0.481 e. The van der Waals surface area contributed by atoms with Crippen molar-refractivity contribution in [3.05, 3.63) is 60.3 Å². The quantitative estimate of drug-likeness (QED) is 0.918. The third-order valence-corrected chi connectivity index (χ3v) is 2.31. The molecule has 4 heteroatoms. The van der Waals surface area contributed by atoms with Crippen LogP contribution in [0.5, 0.6) is 0 Å². The molecule has 0 amide bonds. The van der Waals surface area contributed by atoms with E-state index in [1.54, 1.807) is 18.3 Å². The molecule has 0 aliphatic heterocycles. The first-order valence-corrected chi connectivity index (χ1v) is 5.93. The summed E-state index contributed by atoms with van der Waals surface area (Å²) in [4.78, 5) is 16.2. The molecule has 2 aromatic rings. The van der Waals surface area contributed by atoms with E-state index in [4.69, 9.17) is 5.11 Å². The molecule has 0 saturated heterocycles. The lowest BCUT2D eigenvalue weighted by Crippen LogP contribution is -2.09. The fraction of sp³-hybridized carbons (Fsp3) is 0.200. The summed E-state index contributed by atoms with van der Waals surface area (Å²) in [6, 6.07) is 15.0. The average molecular weight is 258 g/mol. The number of hydrogen-bond acceptors (Lipinski definition) is 3. The van der Waals surface area contributed by atoms with Gasteiger partial charge in [-0.1, -0.05) is 36.4 Å². The molecule has 0 radical (unpaired) electrons. The van der Waals surface area contributed by atoms with Crippen LogP contribution in [0.15, 0.2) is 54.7 Å². The van der Waals surface area contributed by atoms with Gasteiger partial charge in [-0.15, -0.1) is 0 Å². The van der Waals surface area contributed by atoms with Gasteiger partial charge in [-0.3, -0.25) is 4.79 Å². The Morgan fingerprint density at radius 2 is 1.74 bits per heavy atom. The Hall–Kier alpha value is -2.36. The van der Waals surface area contributed by atoms with Crippen LogP contribution in [0, 0.1) is 0 Å². The van der Waals surface area contributed by atoms with E-state index in [0.29, 0.717) is 0 Å². The molecule has 0 atom stereocenters. The second kappa shape index (κ2) is 7.87. The standard InChI is InChI=1S/C8H8O2.C7H10N2/c9-8(10)6-7-4-2-1-3-5-7;1-9(2)7-5-3-4-6-8-7/h1-5H,6H2,(H,9,10);3-6H,1-2H3. The van der Waals surface area contributed by atoms with Crippen LogP contribution in [-0.2, 0) is 11.2 Å². The molecule has 19 heavy (non-hydrogen) atoms. The normalized spacial score (nSPS) is 9.16. The molecule has 0 bridgehead atoms. The molecular weight excluding hydrogens is 240 g/mol. The molecule has 100 valence electrons. The Morgan fingerprint density at radius 3 is 2.16 bits per heavy atom. The number of aromatic nitrogens is 1. The second-order valence-electron chi connectivity index (χ2n) is 4.14. The summed E-state index contributed by atoms with van der Waals surface area (Å²) in [5.41, 5.74) is 0.843. The monoisotopic (exact) mass is 258 g/mol. The van der Waals surface area contributed by atoms with Crippen molar-refractivity contribution in [3.8, 4) is 0 Å². The Balaban J connectivity index is 0.000000191. The largest absolute Gasteiger partial charge is 0.481 e. The summed E-state index contributed by atoms with van der Waals surface area (Å²) >= 11 is 0. The van der Waals surface area contributed by atoms with Gasteiger partial charge >= 0.3 is 5.97 Å². The van der Waals surface area contributed by atoms with Gasteiger partial charge in [-0.05, 0) is 17.7 Å². The highest BCUT2D eigenvalue weighted by molar-refractivity contribution is 5.70. The molecule has 0 spiro atoms. The number of carbonyl (C=O) groups is 1. The number of hydrogen-bond donors (Lipinski definition) is 1. The van der Waals surface area contributed by atoms with Crippen molar-refractivity contribution in [1.82, 2.24) is 4.98 Å². The number of nitrogens with zero attached hydrogens (tertiary/aromatic N) is 2. The molecule has 0 aliphatic carbocycles. The minimum atomic E-state index is -0.786. The number of pyridine rings is 1. The molecule has 1 aromatic carbocycles. The van der Waals surface area contributed by atoms with Gasteiger partial charge in [-0.25, -0.2) is 4.98 Å². The van der Waals surface area contributed by atoms with Gasteiger partial charge < -0.3 is 10.0 Å². The molecule has 0 aliphatic rings. The van der Waals surface area contributed by atoms with Gasteiger partial charge in [-0.2, -0.15) is 0 Å². The molecule has 0 unspecified atom stereocenters. The van der Waals surface area contributed by atoms with Gasteiger partial charge in [0.15, 0.2) is 0 Å². The summed E-state index contributed by atoms with van der Waals surface area (Å²) in [7, 11) is 3.95. The maximum atomic E-state index is 10.2. The fourth-order valence-corrected chi connectivity index (χ4v) is 1.39. The molecular formula is C15H18N2O2. The first-order valence-electron chi connectivity index (χ1n) is 5.93. The zero-order valence-electron chi connectivity index (χ0n) is 11.2. The maximum Gasteiger partial charge on any atom is 0.307 e. The predicted molar refractivity (Wildman–Crippen MR) is 76.3 cm³/mol. The molecule has 2 rings (SSSR count). The summed E-state index contributed by atoms with van der Waals surface area (Å²) in [5, 5.41) is 8.37. The smallest absolute Gasteiger partial charge is 0.307 e. The molecule has 1 N–H and O–H groups in total. The van der Waals surface area contributed by atoms with Gasteiger partial charge in [0.25, 0.3) is 0 Å². The SMILES string of the molecule is CN(C)c1ccccn1.O=C(O)Cc1ccccc1. The summed E-state index contributed by atoms with van der Waals surface area (Å²) in [6.45, 7) is 0. The van der Waals surface area contributed by atoms with Crippen molar-refractivity contribution >= 4 is 11.8 Å². The fourth-order valence-electron chi connectivity index (χ4n) is 1.39. The molecule has 1 aromatic heterocycles. The van der Waals surface area contributed by atoms with Crippen molar-refractivity contribution in [2.75, 3.05) is 19.0 Å². The highest BCUT2D eigenvalue weighted by Crippen LogP contribution is 2.02. The second-order valence-corrected chi connectivity index (χ2v) is 4.14.